The summed E-state index contributed by atoms with van der Waals surface area (Å²) in [5, 5.41) is 26.1. The standard InChI is InChI=1S/C24H33N3O12S2/c1-7-40-24(41-8-2)21(25-18-10-9-17(26(32)33)11-19(18)27(34)35)23(39-16(6)31)22(38-15(5)30)20(37-14(4)29)12-36-13(3)28/h9-11,20-25H,7-8,12H2,1-6H3/t20-,21-,22-,23-/m1/s1. The Hall–Kier alpha value is -3.60. The molecule has 17 heteroatoms. The first-order valence-electron chi connectivity index (χ1n) is 12.3. The van der Waals surface area contributed by atoms with Crippen molar-refractivity contribution in [2.24, 2.45) is 0 Å². The number of nitrogens with zero attached hydrogens (tertiary/aromatic N) is 2. The fourth-order valence-electron chi connectivity index (χ4n) is 3.67. The number of carbonyl (C=O) groups is 4. The molecule has 1 aromatic carbocycles. The molecule has 0 radical (unpaired) electrons. The Morgan fingerprint density at radius 3 is 1.80 bits per heavy atom. The normalized spacial score (nSPS) is 13.7. The van der Waals surface area contributed by atoms with Crippen molar-refractivity contribution in [2.45, 2.75) is 70.5 Å². The number of carbonyl (C=O) groups excluding carboxylic acids is 4. The Bertz CT molecular complexity index is 1110. The highest BCUT2D eigenvalue weighted by atomic mass is 32.2. The number of benzene rings is 1. The van der Waals surface area contributed by atoms with E-state index in [9.17, 15) is 39.4 Å². The number of nitrogens with one attached hydrogen (secondary N) is 1. The summed E-state index contributed by atoms with van der Waals surface area (Å²) >= 11 is 2.77. The van der Waals surface area contributed by atoms with E-state index < -0.39 is 80.6 Å². The van der Waals surface area contributed by atoms with E-state index in [1.807, 2.05) is 13.8 Å². The molecule has 0 saturated carbocycles. The molecule has 0 bridgehead atoms. The van der Waals surface area contributed by atoms with Crippen LogP contribution in [0.3, 0.4) is 0 Å². The minimum Gasteiger partial charge on any atom is -0.462 e. The van der Waals surface area contributed by atoms with Crippen LogP contribution in [-0.2, 0) is 38.1 Å². The topological polar surface area (TPSA) is 204 Å². The molecule has 41 heavy (non-hydrogen) atoms. The lowest BCUT2D eigenvalue weighted by Crippen LogP contribution is -2.56. The highest BCUT2D eigenvalue weighted by Crippen LogP contribution is 2.37. The van der Waals surface area contributed by atoms with E-state index in [2.05, 4.69) is 5.32 Å². The molecule has 4 atom stereocenters. The zero-order chi connectivity index (χ0) is 31.3. The van der Waals surface area contributed by atoms with Crippen molar-refractivity contribution in [1.29, 1.82) is 0 Å². The number of non-ortho nitro benzene ring substituents is 1. The van der Waals surface area contributed by atoms with Crippen LogP contribution in [0.5, 0.6) is 0 Å². The second-order valence-corrected chi connectivity index (χ2v) is 11.4. The summed E-state index contributed by atoms with van der Waals surface area (Å²) < 4.78 is 21.0. The van der Waals surface area contributed by atoms with Gasteiger partial charge in [-0.3, -0.25) is 39.4 Å². The molecule has 0 aliphatic rings. The summed E-state index contributed by atoms with van der Waals surface area (Å²) in [6, 6.07) is 1.91. The molecule has 0 heterocycles. The van der Waals surface area contributed by atoms with E-state index in [0.29, 0.717) is 11.5 Å². The molecule has 0 aliphatic carbocycles. The maximum atomic E-state index is 12.4. The van der Waals surface area contributed by atoms with Crippen LogP contribution < -0.4 is 5.32 Å². The summed E-state index contributed by atoms with van der Waals surface area (Å²) in [7, 11) is 0. The van der Waals surface area contributed by atoms with E-state index in [-0.39, 0.29) is 5.69 Å². The lowest BCUT2D eigenvalue weighted by Gasteiger charge is -2.39. The summed E-state index contributed by atoms with van der Waals surface area (Å²) in [5.41, 5.74) is -1.30. The van der Waals surface area contributed by atoms with E-state index >= 15 is 0 Å². The zero-order valence-electron chi connectivity index (χ0n) is 23.4. The predicted molar refractivity (Wildman–Crippen MR) is 151 cm³/mol. The fourth-order valence-corrected chi connectivity index (χ4v) is 6.39. The van der Waals surface area contributed by atoms with Gasteiger partial charge in [-0.05, 0) is 17.6 Å². The lowest BCUT2D eigenvalue weighted by molar-refractivity contribution is -0.393. The van der Waals surface area contributed by atoms with Gasteiger partial charge in [-0.2, -0.15) is 0 Å². The Labute approximate surface area is 244 Å². The number of hydrogen-bond donors (Lipinski definition) is 1. The number of anilines is 1. The average molecular weight is 620 g/mol. The van der Waals surface area contributed by atoms with Crippen molar-refractivity contribution >= 4 is 64.5 Å². The molecule has 0 fully saturated rings. The van der Waals surface area contributed by atoms with Crippen molar-refractivity contribution < 1.29 is 48.0 Å². The largest absolute Gasteiger partial charge is 0.462 e. The van der Waals surface area contributed by atoms with Crippen molar-refractivity contribution in [3.8, 4) is 0 Å². The van der Waals surface area contributed by atoms with Gasteiger partial charge in [0.05, 0.1) is 26.5 Å². The Morgan fingerprint density at radius 2 is 1.37 bits per heavy atom. The van der Waals surface area contributed by atoms with Crippen LogP contribution in [0.15, 0.2) is 18.2 Å². The smallest absolute Gasteiger partial charge is 0.303 e. The van der Waals surface area contributed by atoms with Crippen LogP contribution in [0.25, 0.3) is 0 Å². The van der Waals surface area contributed by atoms with Gasteiger partial charge in [-0.1, -0.05) is 13.8 Å². The first-order chi connectivity index (χ1) is 19.2. The average Bonchev–Trinajstić information content (AvgIpc) is 2.86. The second-order valence-electron chi connectivity index (χ2n) is 8.26. The van der Waals surface area contributed by atoms with E-state index in [0.717, 1.165) is 45.9 Å². The van der Waals surface area contributed by atoms with Crippen LogP contribution in [-0.4, -0.2) is 80.8 Å². The molecule has 0 unspecified atom stereocenters. The van der Waals surface area contributed by atoms with Gasteiger partial charge in [0, 0.05) is 33.8 Å². The number of nitro benzene ring substituents is 2. The SMILES string of the molecule is CCSC(SCC)[C@H](Nc1ccc([N+](=O)[O-])cc1[N+](=O)[O-])[C@@H](OC(C)=O)[C@H](OC(C)=O)[C@@H](COC(C)=O)OC(C)=O. The van der Waals surface area contributed by atoms with Crippen molar-refractivity contribution in [3.05, 3.63) is 38.4 Å². The van der Waals surface area contributed by atoms with Gasteiger partial charge in [0.15, 0.2) is 18.3 Å². The molecule has 228 valence electrons. The molecule has 0 spiro atoms. The van der Waals surface area contributed by atoms with Gasteiger partial charge >= 0.3 is 23.9 Å². The maximum Gasteiger partial charge on any atom is 0.303 e. The molecular weight excluding hydrogens is 586 g/mol. The fraction of sp³-hybridized carbons (Fsp3) is 0.583. The van der Waals surface area contributed by atoms with Crippen LogP contribution >= 0.6 is 23.5 Å². The zero-order valence-corrected chi connectivity index (χ0v) is 25.0. The molecule has 1 rings (SSSR count). The van der Waals surface area contributed by atoms with E-state index in [1.54, 1.807) is 0 Å². The second kappa shape index (κ2) is 17.3. The van der Waals surface area contributed by atoms with Crippen LogP contribution in [0.1, 0.15) is 41.5 Å². The number of esters is 4. The Balaban J connectivity index is 3.90. The first-order valence-corrected chi connectivity index (χ1v) is 14.4. The Kier molecular flexibility index (Phi) is 14.9. The summed E-state index contributed by atoms with van der Waals surface area (Å²) in [5.74, 6) is -2.14. The lowest BCUT2D eigenvalue weighted by atomic mass is 10.00. The number of nitro groups is 2. The van der Waals surface area contributed by atoms with Gasteiger partial charge in [0.1, 0.15) is 12.3 Å². The number of thioether (sulfide) groups is 2. The molecule has 0 amide bonds. The van der Waals surface area contributed by atoms with Gasteiger partial charge < -0.3 is 24.3 Å². The summed E-state index contributed by atoms with van der Waals surface area (Å²) in [6.07, 6.45) is -4.46. The highest BCUT2D eigenvalue weighted by molar-refractivity contribution is 8.17. The molecular formula is C24H33N3O12S2. The highest BCUT2D eigenvalue weighted by Gasteiger charge is 2.46. The number of rotatable bonds is 17. The van der Waals surface area contributed by atoms with Crippen LogP contribution in [0, 0.1) is 20.2 Å². The summed E-state index contributed by atoms with van der Waals surface area (Å²) in [4.78, 5) is 69.7. The first kappa shape index (κ1) is 35.4. The molecule has 0 aromatic heterocycles. The van der Waals surface area contributed by atoms with Gasteiger partial charge in [0.2, 0.25) is 0 Å². The summed E-state index contributed by atoms with van der Waals surface area (Å²) in [6.45, 7) is 7.48. The molecule has 1 N–H and O–H groups in total. The molecule has 0 aliphatic heterocycles. The maximum absolute atomic E-state index is 12.4. The third-order valence-corrected chi connectivity index (χ3v) is 7.81. The van der Waals surface area contributed by atoms with Gasteiger partial charge in [0.25, 0.3) is 11.4 Å². The molecule has 0 saturated heterocycles. The van der Waals surface area contributed by atoms with Crippen molar-refractivity contribution in [1.82, 2.24) is 0 Å². The third-order valence-electron chi connectivity index (χ3n) is 5.08. The quantitative estimate of drug-likeness (QED) is 0.0871. The minimum absolute atomic E-state index is 0.147. The Morgan fingerprint density at radius 1 is 0.829 bits per heavy atom. The number of hydrogen-bond acceptors (Lipinski definition) is 15. The van der Waals surface area contributed by atoms with E-state index in [4.69, 9.17) is 18.9 Å². The van der Waals surface area contributed by atoms with Gasteiger partial charge in [-0.15, -0.1) is 23.5 Å². The number of ether oxygens (including phenoxy) is 4. The van der Waals surface area contributed by atoms with Crippen LogP contribution in [0.4, 0.5) is 17.1 Å². The van der Waals surface area contributed by atoms with Crippen molar-refractivity contribution in [2.75, 3.05) is 23.4 Å². The van der Waals surface area contributed by atoms with Crippen LogP contribution in [0.2, 0.25) is 0 Å². The van der Waals surface area contributed by atoms with E-state index in [1.165, 1.54) is 23.5 Å². The predicted octanol–water partition coefficient (Wildman–Crippen LogP) is 3.47. The monoisotopic (exact) mass is 619 g/mol. The molecule has 15 nitrogen and oxygen atoms in total. The van der Waals surface area contributed by atoms with Crippen molar-refractivity contribution in [3.63, 3.8) is 0 Å². The van der Waals surface area contributed by atoms with Gasteiger partial charge in [-0.25, -0.2) is 0 Å². The third kappa shape index (κ3) is 11.8. The minimum atomic E-state index is -1.55. The molecule has 1 aromatic rings.